The van der Waals surface area contributed by atoms with Gasteiger partial charge in [0.25, 0.3) is 5.91 Å². The van der Waals surface area contributed by atoms with Gasteiger partial charge < -0.3 is 9.72 Å². The van der Waals surface area contributed by atoms with E-state index in [1.165, 1.54) is 0 Å². The summed E-state index contributed by atoms with van der Waals surface area (Å²) in [6.07, 6.45) is 3.63. The van der Waals surface area contributed by atoms with Gasteiger partial charge in [-0.3, -0.25) is 4.79 Å². The van der Waals surface area contributed by atoms with Crippen LogP contribution in [0, 0.1) is 6.92 Å². The topological polar surface area (TPSA) is 46.4 Å². The molecule has 0 radical (unpaired) electrons. The minimum atomic E-state index is -0.202. The number of imidazole rings is 1. The number of benzene rings is 1. The quantitative estimate of drug-likeness (QED) is 0.783. The SMILES string of the molecule is Cc1cn2cc(C(=O)Nc3ccccc3Cl)ccc2n1. The largest absolute Gasteiger partial charge is 0.321 e. The standard InChI is InChI=1S/C15H12ClN3O/c1-10-8-19-9-11(6-7-14(19)17-10)15(20)18-13-5-3-2-4-12(13)16/h2-9H,1H3,(H,18,20). The van der Waals surface area contributed by atoms with Crippen molar-refractivity contribution in [1.82, 2.24) is 9.38 Å². The van der Waals surface area contributed by atoms with Gasteiger partial charge in [-0.15, -0.1) is 0 Å². The molecule has 0 bridgehead atoms. The third-order valence-electron chi connectivity index (χ3n) is 2.96. The van der Waals surface area contributed by atoms with Crippen LogP contribution in [0.4, 0.5) is 5.69 Å². The molecule has 0 aliphatic carbocycles. The molecule has 0 spiro atoms. The Morgan fingerprint density at radius 3 is 2.80 bits per heavy atom. The summed E-state index contributed by atoms with van der Waals surface area (Å²) in [5.74, 6) is -0.202. The van der Waals surface area contributed by atoms with Gasteiger partial charge in [0, 0.05) is 12.4 Å². The molecule has 5 heteroatoms. The van der Waals surface area contributed by atoms with Crippen molar-refractivity contribution in [3.63, 3.8) is 0 Å². The fourth-order valence-electron chi connectivity index (χ4n) is 2.01. The number of nitrogens with one attached hydrogen (secondary N) is 1. The molecule has 0 saturated heterocycles. The predicted molar refractivity (Wildman–Crippen MR) is 79.3 cm³/mol. The van der Waals surface area contributed by atoms with Crippen LogP contribution in [0.3, 0.4) is 0 Å². The first-order valence-corrected chi connectivity index (χ1v) is 6.52. The molecule has 0 fully saturated rings. The molecule has 20 heavy (non-hydrogen) atoms. The lowest BCUT2D eigenvalue weighted by atomic mass is 10.2. The first kappa shape index (κ1) is 12.7. The lowest BCUT2D eigenvalue weighted by Gasteiger charge is -2.07. The van der Waals surface area contributed by atoms with Crippen LogP contribution in [0.1, 0.15) is 16.1 Å². The van der Waals surface area contributed by atoms with Crippen molar-refractivity contribution >= 4 is 28.8 Å². The summed E-state index contributed by atoms with van der Waals surface area (Å²) < 4.78 is 1.83. The summed E-state index contributed by atoms with van der Waals surface area (Å²) >= 11 is 6.02. The molecule has 0 aliphatic rings. The molecule has 1 aromatic carbocycles. The average molecular weight is 286 g/mol. The number of halogens is 1. The summed E-state index contributed by atoms with van der Waals surface area (Å²) in [6.45, 7) is 1.91. The Morgan fingerprint density at radius 1 is 1.20 bits per heavy atom. The molecule has 0 atom stereocenters. The van der Waals surface area contributed by atoms with Crippen molar-refractivity contribution in [3.8, 4) is 0 Å². The summed E-state index contributed by atoms with van der Waals surface area (Å²) in [4.78, 5) is 16.5. The highest BCUT2D eigenvalue weighted by Crippen LogP contribution is 2.21. The van der Waals surface area contributed by atoms with Crippen molar-refractivity contribution in [2.45, 2.75) is 6.92 Å². The number of carbonyl (C=O) groups is 1. The minimum Gasteiger partial charge on any atom is -0.321 e. The Balaban J connectivity index is 1.90. The number of anilines is 1. The van der Waals surface area contributed by atoms with Crippen LogP contribution in [0.25, 0.3) is 5.65 Å². The number of hydrogen-bond donors (Lipinski definition) is 1. The molecule has 1 amide bonds. The molecule has 1 N–H and O–H groups in total. The Kier molecular flexibility index (Phi) is 3.16. The number of nitrogens with zero attached hydrogens (tertiary/aromatic N) is 2. The van der Waals surface area contributed by atoms with E-state index >= 15 is 0 Å². The highest BCUT2D eigenvalue weighted by Gasteiger charge is 2.09. The molecular formula is C15H12ClN3O. The monoisotopic (exact) mass is 285 g/mol. The Labute approximate surface area is 121 Å². The molecule has 100 valence electrons. The van der Waals surface area contributed by atoms with Crippen LogP contribution in [0.2, 0.25) is 5.02 Å². The Morgan fingerprint density at radius 2 is 2.00 bits per heavy atom. The molecule has 2 heterocycles. The zero-order chi connectivity index (χ0) is 14.1. The predicted octanol–water partition coefficient (Wildman–Crippen LogP) is 3.55. The normalized spacial score (nSPS) is 10.7. The van der Waals surface area contributed by atoms with Crippen LogP contribution < -0.4 is 5.32 Å². The lowest BCUT2D eigenvalue weighted by molar-refractivity contribution is 0.102. The maximum absolute atomic E-state index is 12.2. The summed E-state index contributed by atoms with van der Waals surface area (Å²) in [7, 11) is 0. The molecule has 3 rings (SSSR count). The number of aryl methyl sites for hydroxylation is 1. The van der Waals surface area contributed by atoms with Crippen LogP contribution in [-0.2, 0) is 0 Å². The van der Waals surface area contributed by atoms with E-state index in [0.29, 0.717) is 16.3 Å². The van der Waals surface area contributed by atoms with E-state index in [-0.39, 0.29) is 5.91 Å². The smallest absolute Gasteiger partial charge is 0.257 e. The van der Waals surface area contributed by atoms with Crippen molar-refractivity contribution in [2.75, 3.05) is 5.32 Å². The number of hydrogen-bond acceptors (Lipinski definition) is 2. The molecular weight excluding hydrogens is 274 g/mol. The Hall–Kier alpha value is -2.33. The fourth-order valence-corrected chi connectivity index (χ4v) is 2.19. The molecule has 0 unspecified atom stereocenters. The second kappa shape index (κ2) is 4.98. The third-order valence-corrected chi connectivity index (χ3v) is 3.29. The number of aromatic nitrogens is 2. The third kappa shape index (κ3) is 2.38. The van der Waals surface area contributed by atoms with Crippen LogP contribution in [-0.4, -0.2) is 15.3 Å². The Bertz CT molecular complexity index is 795. The van der Waals surface area contributed by atoms with Gasteiger partial charge in [0.1, 0.15) is 5.65 Å². The second-order valence-corrected chi connectivity index (χ2v) is 4.91. The van der Waals surface area contributed by atoms with Gasteiger partial charge in [-0.05, 0) is 31.2 Å². The molecule has 4 nitrogen and oxygen atoms in total. The average Bonchev–Trinajstić information content (AvgIpc) is 2.80. The lowest BCUT2D eigenvalue weighted by Crippen LogP contribution is -2.12. The van der Waals surface area contributed by atoms with Gasteiger partial charge >= 0.3 is 0 Å². The van der Waals surface area contributed by atoms with Gasteiger partial charge in [-0.2, -0.15) is 0 Å². The van der Waals surface area contributed by atoms with Crippen molar-refractivity contribution in [3.05, 3.63) is 65.1 Å². The van der Waals surface area contributed by atoms with Gasteiger partial charge in [-0.25, -0.2) is 4.98 Å². The van der Waals surface area contributed by atoms with Crippen molar-refractivity contribution in [2.24, 2.45) is 0 Å². The molecule has 0 saturated carbocycles. The molecule has 2 aromatic heterocycles. The van der Waals surface area contributed by atoms with E-state index in [4.69, 9.17) is 11.6 Å². The minimum absolute atomic E-state index is 0.202. The van der Waals surface area contributed by atoms with Gasteiger partial charge in [-0.1, -0.05) is 23.7 Å². The summed E-state index contributed by atoms with van der Waals surface area (Å²) in [5, 5.41) is 3.31. The van der Waals surface area contributed by atoms with E-state index in [1.54, 1.807) is 24.4 Å². The number of fused-ring (bicyclic) bond motifs is 1. The maximum atomic E-state index is 12.2. The number of pyridine rings is 1. The van der Waals surface area contributed by atoms with E-state index in [2.05, 4.69) is 10.3 Å². The number of rotatable bonds is 2. The number of carbonyl (C=O) groups excluding carboxylic acids is 1. The van der Waals surface area contributed by atoms with E-state index < -0.39 is 0 Å². The second-order valence-electron chi connectivity index (χ2n) is 4.50. The van der Waals surface area contributed by atoms with Crippen LogP contribution in [0.5, 0.6) is 0 Å². The van der Waals surface area contributed by atoms with Gasteiger partial charge in [0.2, 0.25) is 0 Å². The van der Waals surface area contributed by atoms with E-state index in [0.717, 1.165) is 11.3 Å². The number of amides is 1. The van der Waals surface area contributed by atoms with Gasteiger partial charge in [0.05, 0.1) is 22.0 Å². The molecule has 0 aliphatic heterocycles. The number of para-hydroxylation sites is 1. The van der Waals surface area contributed by atoms with Gasteiger partial charge in [0.15, 0.2) is 0 Å². The molecule has 3 aromatic rings. The summed E-state index contributed by atoms with van der Waals surface area (Å²) in [6, 6.07) is 10.7. The summed E-state index contributed by atoms with van der Waals surface area (Å²) in [5.41, 5.74) is 2.88. The fraction of sp³-hybridized carbons (Fsp3) is 0.0667. The van der Waals surface area contributed by atoms with Crippen LogP contribution in [0.15, 0.2) is 48.8 Å². The van der Waals surface area contributed by atoms with E-state index in [1.807, 2.05) is 35.7 Å². The first-order valence-electron chi connectivity index (χ1n) is 6.15. The zero-order valence-corrected chi connectivity index (χ0v) is 11.6. The van der Waals surface area contributed by atoms with Crippen LogP contribution >= 0.6 is 11.6 Å². The van der Waals surface area contributed by atoms with E-state index in [9.17, 15) is 4.79 Å². The van der Waals surface area contributed by atoms with Crippen molar-refractivity contribution < 1.29 is 4.79 Å². The first-order chi connectivity index (χ1) is 9.63. The van der Waals surface area contributed by atoms with Crippen molar-refractivity contribution in [1.29, 1.82) is 0 Å². The highest BCUT2D eigenvalue weighted by atomic mass is 35.5. The zero-order valence-electron chi connectivity index (χ0n) is 10.8. The maximum Gasteiger partial charge on any atom is 0.257 e. The highest BCUT2D eigenvalue weighted by molar-refractivity contribution is 6.33.